The Balaban J connectivity index is 0.000000316. The van der Waals surface area contributed by atoms with Gasteiger partial charge in [-0.15, -0.1) is 0 Å². The van der Waals surface area contributed by atoms with E-state index in [1.807, 2.05) is 20.8 Å². The van der Waals surface area contributed by atoms with Gasteiger partial charge in [0.1, 0.15) is 11.2 Å². The number of anilines is 2. The molecule has 3 N–H and O–H groups in total. The van der Waals surface area contributed by atoms with E-state index in [1.54, 1.807) is 64.8 Å². The first-order chi connectivity index (χ1) is 14.1. The summed E-state index contributed by atoms with van der Waals surface area (Å²) in [7, 11) is 3.47. The maximum absolute atomic E-state index is 11.5. The van der Waals surface area contributed by atoms with Crippen LogP contribution in [0.15, 0.2) is 18.3 Å². The molecule has 2 heterocycles. The van der Waals surface area contributed by atoms with Crippen molar-refractivity contribution in [2.24, 2.45) is 14.1 Å². The van der Waals surface area contributed by atoms with Gasteiger partial charge in [-0.1, -0.05) is 0 Å². The number of aliphatic hydroxyl groups excluding tert-OH is 1. The lowest BCUT2D eigenvalue weighted by Gasteiger charge is -2.19. The van der Waals surface area contributed by atoms with Crippen LogP contribution in [0.1, 0.15) is 60.3 Å². The highest BCUT2D eigenvalue weighted by Crippen LogP contribution is 2.17. The standard InChI is InChI=1S/C11H19N3O3.C9H15N3O2/c1-7(15)8-6-9(13-14(8)5)12-10(16)17-11(2,3)4;1-9(2,3)14-8(13)10-7-5-6-12(4)11-7/h6-7,15H,1-5H3,(H,12,13,16);5-6H,1-4H3,(H,10,11,13). The van der Waals surface area contributed by atoms with Crippen molar-refractivity contribution in [3.05, 3.63) is 24.0 Å². The van der Waals surface area contributed by atoms with Gasteiger partial charge in [-0.3, -0.25) is 20.0 Å². The molecule has 31 heavy (non-hydrogen) atoms. The molecule has 0 bridgehead atoms. The van der Waals surface area contributed by atoms with Crippen molar-refractivity contribution in [2.75, 3.05) is 10.6 Å². The van der Waals surface area contributed by atoms with Crippen LogP contribution in [0.2, 0.25) is 0 Å². The maximum atomic E-state index is 11.5. The lowest BCUT2D eigenvalue weighted by atomic mass is 10.2. The van der Waals surface area contributed by atoms with E-state index in [0.717, 1.165) is 0 Å². The molecule has 174 valence electrons. The van der Waals surface area contributed by atoms with Gasteiger partial charge in [0.15, 0.2) is 11.6 Å². The van der Waals surface area contributed by atoms with Crippen molar-refractivity contribution >= 4 is 23.8 Å². The molecule has 1 unspecified atom stereocenters. The highest BCUT2D eigenvalue weighted by atomic mass is 16.6. The summed E-state index contributed by atoms with van der Waals surface area (Å²) in [5.74, 6) is 0.847. The van der Waals surface area contributed by atoms with Crippen LogP contribution in [0.3, 0.4) is 0 Å². The molecule has 11 heteroatoms. The van der Waals surface area contributed by atoms with Gasteiger partial charge in [-0.25, -0.2) is 9.59 Å². The summed E-state index contributed by atoms with van der Waals surface area (Å²) in [6, 6.07) is 3.30. The minimum atomic E-state index is -0.637. The number of aliphatic hydroxyl groups is 1. The summed E-state index contributed by atoms with van der Waals surface area (Å²) in [6.07, 6.45) is 0.0535. The summed E-state index contributed by atoms with van der Waals surface area (Å²) >= 11 is 0. The second kappa shape index (κ2) is 10.3. The predicted molar refractivity (Wildman–Crippen MR) is 117 cm³/mol. The Morgan fingerprint density at radius 2 is 1.45 bits per heavy atom. The summed E-state index contributed by atoms with van der Waals surface area (Å²) in [5, 5.41) is 22.5. The molecule has 2 aromatic rings. The van der Waals surface area contributed by atoms with Crippen LogP contribution in [-0.2, 0) is 23.6 Å². The van der Waals surface area contributed by atoms with E-state index < -0.39 is 29.5 Å². The van der Waals surface area contributed by atoms with Crippen molar-refractivity contribution in [1.29, 1.82) is 0 Å². The number of nitrogens with zero attached hydrogens (tertiary/aromatic N) is 4. The molecule has 0 aliphatic rings. The van der Waals surface area contributed by atoms with E-state index in [1.165, 1.54) is 4.68 Å². The highest BCUT2D eigenvalue weighted by Gasteiger charge is 2.18. The molecule has 0 saturated heterocycles. The normalized spacial score (nSPS) is 12.3. The number of hydrogen-bond acceptors (Lipinski definition) is 7. The predicted octanol–water partition coefficient (Wildman–Crippen LogP) is 3.59. The SMILES string of the molecule is CC(O)c1cc(NC(=O)OC(C)(C)C)nn1C.Cn1ccc(NC(=O)OC(C)(C)C)n1. The van der Waals surface area contributed by atoms with Crippen molar-refractivity contribution in [3.8, 4) is 0 Å². The topological polar surface area (TPSA) is 133 Å². The van der Waals surface area contributed by atoms with Crippen molar-refractivity contribution < 1.29 is 24.2 Å². The lowest BCUT2D eigenvalue weighted by Crippen LogP contribution is -2.27. The minimum absolute atomic E-state index is 0.359. The monoisotopic (exact) mass is 438 g/mol. The van der Waals surface area contributed by atoms with Gasteiger partial charge in [0, 0.05) is 32.4 Å². The Bertz CT molecular complexity index is 873. The Morgan fingerprint density at radius 3 is 1.81 bits per heavy atom. The molecule has 0 spiro atoms. The van der Waals surface area contributed by atoms with E-state index >= 15 is 0 Å². The second-order valence-corrected chi connectivity index (χ2v) is 8.88. The molecule has 0 radical (unpaired) electrons. The van der Waals surface area contributed by atoms with Crippen LogP contribution in [-0.4, -0.2) is 48.1 Å². The minimum Gasteiger partial charge on any atom is -0.444 e. The number of aromatic nitrogens is 4. The first kappa shape index (κ1) is 26.0. The lowest BCUT2D eigenvalue weighted by molar-refractivity contribution is 0.0623. The van der Waals surface area contributed by atoms with Gasteiger partial charge in [-0.2, -0.15) is 10.2 Å². The number of carbonyl (C=O) groups is 2. The highest BCUT2D eigenvalue weighted by molar-refractivity contribution is 5.84. The van der Waals surface area contributed by atoms with E-state index in [4.69, 9.17) is 9.47 Å². The van der Waals surface area contributed by atoms with Crippen molar-refractivity contribution in [3.63, 3.8) is 0 Å². The van der Waals surface area contributed by atoms with Gasteiger partial charge in [-0.05, 0) is 48.5 Å². The van der Waals surface area contributed by atoms with Crippen LogP contribution < -0.4 is 10.6 Å². The average Bonchev–Trinajstić information content (AvgIpc) is 3.09. The van der Waals surface area contributed by atoms with Gasteiger partial charge in [0.2, 0.25) is 0 Å². The molecule has 2 aromatic heterocycles. The van der Waals surface area contributed by atoms with Crippen LogP contribution >= 0.6 is 0 Å². The average molecular weight is 439 g/mol. The summed E-state index contributed by atoms with van der Waals surface area (Å²) in [4.78, 5) is 22.7. The fraction of sp³-hybridized carbons (Fsp3) is 0.600. The third-order valence-corrected chi connectivity index (χ3v) is 3.32. The molecule has 0 aliphatic heterocycles. The summed E-state index contributed by atoms with van der Waals surface area (Å²) in [5.41, 5.74) is -0.416. The molecular weight excluding hydrogens is 404 g/mol. The van der Waals surface area contributed by atoms with E-state index in [0.29, 0.717) is 17.3 Å². The summed E-state index contributed by atoms with van der Waals surface area (Å²) < 4.78 is 13.3. The number of rotatable bonds is 3. The first-order valence-electron chi connectivity index (χ1n) is 9.77. The smallest absolute Gasteiger partial charge is 0.413 e. The van der Waals surface area contributed by atoms with Crippen LogP contribution in [0, 0.1) is 0 Å². The zero-order valence-corrected chi connectivity index (χ0v) is 19.7. The van der Waals surface area contributed by atoms with Gasteiger partial charge in [0.05, 0.1) is 11.8 Å². The second-order valence-electron chi connectivity index (χ2n) is 8.88. The van der Waals surface area contributed by atoms with E-state index in [-0.39, 0.29) is 0 Å². The van der Waals surface area contributed by atoms with Gasteiger partial charge in [0.25, 0.3) is 0 Å². The van der Waals surface area contributed by atoms with Crippen LogP contribution in [0.4, 0.5) is 21.2 Å². The third kappa shape index (κ3) is 10.5. The maximum Gasteiger partial charge on any atom is 0.413 e. The number of carbonyl (C=O) groups excluding carboxylic acids is 2. The summed E-state index contributed by atoms with van der Waals surface area (Å²) in [6.45, 7) is 12.4. The Hall–Kier alpha value is -3.08. The van der Waals surface area contributed by atoms with Gasteiger partial charge < -0.3 is 14.6 Å². The zero-order chi connectivity index (χ0) is 24.0. The largest absolute Gasteiger partial charge is 0.444 e. The molecule has 2 rings (SSSR count). The quantitative estimate of drug-likeness (QED) is 0.667. The molecule has 0 aromatic carbocycles. The zero-order valence-electron chi connectivity index (χ0n) is 19.7. The molecule has 1 atom stereocenters. The number of nitrogens with one attached hydrogen (secondary N) is 2. The Morgan fingerprint density at radius 1 is 0.968 bits per heavy atom. The van der Waals surface area contributed by atoms with Gasteiger partial charge >= 0.3 is 12.2 Å². The molecule has 2 amide bonds. The number of aryl methyl sites for hydroxylation is 2. The Kier molecular flexibility index (Phi) is 8.62. The van der Waals surface area contributed by atoms with Crippen LogP contribution in [0.5, 0.6) is 0 Å². The fourth-order valence-electron chi connectivity index (χ4n) is 2.23. The first-order valence-corrected chi connectivity index (χ1v) is 9.77. The number of hydrogen-bond donors (Lipinski definition) is 3. The molecule has 11 nitrogen and oxygen atoms in total. The molecule has 0 aliphatic carbocycles. The third-order valence-electron chi connectivity index (χ3n) is 3.32. The van der Waals surface area contributed by atoms with Crippen LogP contribution in [0.25, 0.3) is 0 Å². The number of ether oxygens (including phenoxy) is 2. The van der Waals surface area contributed by atoms with E-state index in [2.05, 4.69) is 20.8 Å². The van der Waals surface area contributed by atoms with E-state index in [9.17, 15) is 14.7 Å². The molecule has 0 fully saturated rings. The fourth-order valence-corrected chi connectivity index (χ4v) is 2.23. The van der Waals surface area contributed by atoms with Crippen molar-refractivity contribution in [2.45, 2.75) is 65.8 Å². The molecule has 0 saturated carbocycles. The molecular formula is C20H34N6O5. The van der Waals surface area contributed by atoms with Crippen molar-refractivity contribution in [1.82, 2.24) is 19.6 Å². The Labute approximate surface area is 182 Å². The number of amides is 2.